The standard InChI is InChI=1S/C21H26N2O5/c1-3-5-19(25)18-7-4-6-14-10-15(8-9-17(14)20(18)26)23-12-16(28-21(23)27)11-22-13(2)24/h8-10,16,18H,3-7,11-12H2,1-2H3,(H,22,24)/t16-,18+/m0/s1. The molecule has 0 bridgehead atoms. The van der Waals surface area contributed by atoms with Crippen molar-refractivity contribution in [2.45, 2.75) is 52.1 Å². The molecule has 1 saturated heterocycles. The predicted octanol–water partition coefficient (Wildman–Crippen LogP) is 2.65. The number of ketones is 2. The summed E-state index contributed by atoms with van der Waals surface area (Å²) in [5.74, 6) is -0.811. The molecule has 0 radical (unpaired) electrons. The second-order valence-corrected chi connectivity index (χ2v) is 7.42. The van der Waals surface area contributed by atoms with Crippen molar-refractivity contribution in [3.05, 3.63) is 29.3 Å². The lowest BCUT2D eigenvalue weighted by atomic mass is 9.89. The van der Waals surface area contributed by atoms with Crippen LogP contribution in [0.2, 0.25) is 0 Å². The maximum Gasteiger partial charge on any atom is 0.414 e. The van der Waals surface area contributed by atoms with Crippen molar-refractivity contribution in [1.29, 1.82) is 0 Å². The van der Waals surface area contributed by atoms with Gasteiger partial charge in [-0.05, 0) is 49.4 Å². The monoisotopic (exact) mass is 386 g/mol. The number of carbonyl (C=O) groups is 4. The first kappa shape index (κ1) is 20.0. The van der Waals surface area contributed by atoms with Crippen LogP contribution in [0.4, 0.5) is 10.5 Å². The molecular formula is C21H26N2O5. The average Bonchev–Trinajstić information content (AvgIpc) is 2.95. The number of nitrogens with one attached hydrogen (secondary N) is 1. The number of nitrogens with zero attached hydrogens (tertiary/aromatic N) is 1. The Kier molecular flexibility index (Phi) is 6.11. The van der Waals surface area contributed by atoms with Gasteiger partial charge in [-0.2, -0.15) is 0 Å². The summed E-state index contributed by atoms with van der Waals surface area (Å²) in [6.45, 7) is 3.95. The van der Waals surface area contributed by atoms with Crippen LogP contribution in [0.1, 0.15) is 55.5 Å². The maximum atomic E-state index is 12.9. The first-order chi connectivity index (χ1) is 13.4. The van der Waals surface area contributed by atoms with Crippen molar-refractivity contribution in [2.24, 2.45) is 5.92 Å². The Bertz CT molecular complexity index is 804. The first-order valence-electron chi connectivity index (χ1n) is 9.83. The molecule has 1 aliphatic heterocycles. The molecule has 1 N–H and O–H groups in total. The Balaban J connectivity index is 1.78. The van der Waals surface area contributed by atoms with E-state index in [0.29, 0.717) is 37.1 Å². The molecule has 0 unspecified atom stereocenters. The van der Waals surface area contributed by atoms with E-state index >= 15 is 0 Å². The second-order valence-electron chi connectivity index (χ2n) is 7.42. The van der Waals surface area contributed by atoms with Gasteiger partial charge in [-0.1, -0.05) is 6.92 Å². The highest BCUT2D eigenvalue weighted by Gasteiger charge is 2.34. The normalized spacial score (nSPS) is 21.7. The van der Waals surface area contributed by atoms with Crippen LogP contribution in [0.5, 0.6) is 0 Å². The van der Waals surface area contributed by atoms with Crippen LogP contribution in [-0.4, -0.2) is 42.8 Å². The number of amides is 2. The molecule has 2 atom stereocenters. The number of carbonyl (C=O) groups excluding carboxylic acids is 4. The van der Waals surface area contributed by atoms with Crippen molar-refractivity contribution in [1.82, 2.24) is 5.32 Å². The number of fused-ring (bicyclic) bond motifs is 1. The molecule has 7 nitrogen and oxygen atoms in total. The molecule has 0 saturated carbocycles. The quantitative estimate of drug-likeness (QED) is 0.599. The fourth-order valence-corrected chi connectivity index (χ4v) is 3.83. The largest absolute Gasteiger partial charge is 0.442 e. The van der Waals surface area contributed by atoms with E-state index in [9.17, 15) is 19.2 Å². The van der Waals surface area contributed by atoms with Gasteiger partial charge in [0, 0.05) is 24.6 Å². The Morgan fingerprint density at radius 1 is 1.29 bits per heavy atom. The van der Waals surface area contributed by atoms with Crippen LogP contribution in [0.3, 0.4) is 0 Å². The molecule has 0 spiro atoms. The Labute approximate surface area is 164 Å². The molecule has 2 aliphatic rings. The fraction of sp³-hybridized carbons (Fsp3) is 0.524. The van der Waals surface area contributed by atoms with Crippen molar-refractivity contribution in [3.8, 4) is 0 Å². The summed E-state index contributed by atoms with van der Waals surface area (Å²) in [6, 6.07) is 5.30. The SMILES string of the molecule is CCCC(=O)[C@H]1CCCc2cc(N3C[C@H](CNC(C)=O)OC3=O)ccc2C1=O. The van der Waals surface area contributed by atoms with Crippen molar-refractivity contribution in [2.75, 3.05) is 18.0 Å². The summed E-state index contributed by atoms with van der Waals surface area (Å²) >= 11 is 0. The molecule has 1 aromatic carbocycles. The van der Waals surface area contributed by atoms with Crippen molar-refractivity contribution >= 4 is 29.3 Å². The number of ether oxygens (including phenoxy) is 1. The van der Waals surface area contributed by atoms with E-state index in [1.807, 2.05) is 13.0 Å². The van der Waals surface area contributed by atoms with Crippen molar-refractivity contribution in [3.63, 3.8) is 0 Å². The van der Waals surface area contributed by atoms with Gasteiger partial charge in [-0.25, -0.2) is 4.79 Å². The molecule has 1 aromatic rings. The minimum Gasteiger partial charge on any atom is -0.442 e. The first-order valence-corrected chi connectivity index (χ1v) is 9.83. The zero-order chi connectivity index (χ0) is 20.3. The Hall–Kier alpha value is -2.70. The number of benzene rings is 1. The molecule has 1 heterocycles. The number of hydrogen-bond acceptors (Lipinski definition) is 5. The van der Waals surface area contributed by atoms with Gasteiger partial charge in [0.25, 0.3) is 0 Å². The zero-order valence-electron chi connectivity index (χ0n) is 16.3. The summed E-state index contributed by atoms with van der Waals surface area (Å²) in [4.78, 5) is 50.0. The molecule has 3 rings (SSSR count). The molecule has 150 valence electrons. The van der Waals surface area contributed by atoms with Gasteiger partial charge in [-0.3, -0.25) is 19.3 Å². The van der Waals surface area contributed by atoms with Gasteiger partial charge in [0.05, 0.1) is 19.0 Å². The smallest absolute Gasteiger partial charge is 0.414 e. The summed E-state index contributed by atoms with van der Waals surface area (Å²) in [7, 11) is 0. The predicted molar refractivity (Wildman–Crippen MR) is 103 cm³/mol. The number of aryl methyl sites for hydroxylation is 1. The van der Waals surface area contributed by atoms with Crippen LogP contribution in [0.25, 0.3) is 0 Å². The van der Waals surface area contributed by atoms with Gasteiger partial charge < -0.3 is 10.1 Å². The summed E-state index contributed by atoms with van der Waals surface area (Å²) in [6.07, 6.45) is 2.33. The number of Topliss-reactive ketones (excluding diaryl/α,β-unsaturated/α-hetero) is 2. The third-order valence-electron chi connectivity index (χ3n) is 5.26. The van der Waals surface area contributed by atoms with Crippen molar-refractivity contribution < 1.29 is 23.9 Å². The number of cyclic esters (lactones) is 1. The van der Waals surface area contributed by atoms with Gasteiger partial charge in [-0.15, -0.1) is 0 Å². The molecule has 1 fully saturated rings. The van der Waals surface area contributed by atoms with Crippen LogP contribution in [0.15, 0.2) is 18.2 Å². The van der Waals surface area contributed by atoms with E-state index in [2.05, 4.69) is 5.32 Å². The minimum absolute atomic E-state index is 0.0216. The lowest BCUT2D eigenvalue weighted by Gasteiger charge is -2.16. The highest BCUT2D eigenvalue weighted by Crippen LogP contribution is 2.31. The van der Waals surface area contributed by atoms with Gasteiger partial charge in [0.15, 0.2) is 5.78 Å². The Morgan fingerprint density at radius 3 is 2.79 bits per heavy atom. The van der Waals surface area contributed by atoms with E-state index in [4.69, 9.17) is 4.74 Å². The summed E-state index contributed by atoms with van der Waals surface area (Å²) in [5, 5.41) is 2.65. The third kappa shape index (κ3) is 4.24. The number of anilines is 1. The molecule has 1 aliphatic carbocycles. The Morgan fingerprint density at radius 2 is 2.07 bits per heavy atom. The molecule has 7 heteroatoms. The highest BCUT2D eigenvalue weighted by atomic mass is 16.6. The number of rotatable bonds is 6. The van der Waals surface area contributed by atoms with E-state index in [0.717, 1.165) is 18.4 Å². The summed E-state index contributed by atoms with van der Waals surface area (Å²) < 4.78 is 5.30. The minimum atomic E-state index is -0.550. The van der Waals surface area contributed by atoms with Gasteiger partial charge >= 0.3 is 6.09 Å². The third-order valence-corrected chi connectivity index (χ3v) is 5.26. The number of hydrogen-bond donors (Lipinski definition) is 1. The van der Waals surface area contributed by atoms with E-state index in [1.54, 1.807) is 12.1 Å². The topological polar surface area (TPSA) is 92.8 Å². The summed E-state index contributed by atoms with van der Waals surface area (Å²) in [5.41, 5.74) is 2.12. The molecular weight excluding hydrogens is 360 g/mol. The van der Waals surface area contributed by atoms with Gasteiger partial charge in [0.2, 0.25) is 5.91 Å². The second kappa shape index (κ2) is 8.54. The van der Waals surface area contributed by atoms with E-state index in [-0.39, 0.29) is 24.0 Å². The molecule has 0 aromatic heterocycles. The van der Waals surface area contributed by atoms with Crippen LogP contribution in [-0.2, 0) is 20.7 Å². The van der Waals surface area contributed by atoms with Crippen LogP contribution >= 0.6 is 0 Å². The lowest BCUT2D eigenvalue weighted by molar-refractivity contribution is -0.122. The van der Waals surface area contributed by atoms with Gasteiger partial charge in [0.1, 0.15) is 11.9 Å². The average molecular weight is 386 g/mol. The molecule has 2 amide bonds. The molecule has 28 heavy (non-hydrogen) atoms. The van der Waals surface area contributed by atoms with Crippen LogP contribution in [0, 0.1) is 5.92 Å². The van der Waals surface area contributed by atoms with E-state index in [1.165, 1.54) is 11.8 Å². The highest BCUT2D eigenvalue weighted by molar-refractivity contribution is 6.11. The lowest BCUT2D eigenvalue weighted by Crippen LogP contribution is -2.33. The zero-order valence-corrected chi connectivity index (χ0v) is 16.3. The van der Waals surface area contributed by atoms with E-state index < -0.39 is 18.1 Å². The van der Waals surface area contributed by atoms with Crippen LogP contribution < -0.4 is 10.2 Å². The fourth-order valence-electron chi connectivity index (χ4n) is 3.83. The maximum absolute atomic E-state index is 12.9.